The molecule has 2 rings (SSSR count). The first-order valence-electron chi connectivity index (χ1n) is 5.25. The minimum atomic E-state index is -0.245. The van der Waals surface area contributed by atoms with Crippen LogP contribution in [0.4, 0.5) is 0 Å². The Kier molecular flexibility index (Phi) is 2.75. The third kappa shape index (κ3) is 2.03. The van der Waals surface area contributed by atoms with Crippen molar-refractivity contribution >= 4 is 0 Å². The highest BCUT2D eigenvalue weighted by Gasteiger charge is 2.29. The van der Waals surface area contributed by atoms with Gasteiger partial charge in [0.1, 0.15) is 0 Å². The van der Waals surface area contributed by atoms with Crippen LogP contribution in [-0.2, 0) is 10.2 Å². The van der Waals surface area contributed by atoms with Crippen LogP contribution < -0.4 is 5.73 Å². The SMILES string of the molecule is CC(C)(CN)c1nc(C2CCOC2)no1. The van der Waals surface area contributed by atoms with E-state index in [1.165, 1.54) is 0 Å². The van der Waals surface area contributed by atoms with Crippen molar-refractivity contribution in [1.29, 1.82) is 0 Å². The lowest BCUT2D eigenvalue weighted by molar-refractivity contribution is 0.192. The molecular formula is C10H17N3O2. The Morgan fingerprint density at radius 2 is 2.33 bits per heavy atom. The van der Waals surface area contributed by atoms with E-state index < -0.39 is 0 Å². The molecular weight excluding hydrogens is 194 g/mol. The summed E-state index contributed by atoms with van der Waals surface area (Å²) in [5.41, 5.74) is 5.40. The molecule has 2 heterocycles. The van der Waals surface area contributed by atoms with Gasteiger partial charge in [0.05, 0.1) is 12.0 Å². The highest BCUT2D eigenvalue weighted by atomic mass is 16.5. The zero-order valence-corrected chi connectivity index (χ0v) is 9.19. The summed E-state index contributed by atoms with van der Waals surface area (Å²) in [6, 6.07) is 0. The van der Waals surface area contributed by atoms with E-state index in [9.17, 15) is 0 Å². The first kappa shape index (κ1) is 10.6. The van der Waals surface area contributed by atoms with E-state index >= 15 is 0 Å². The Balaban J connectivity index is 2.16. The fraction of sp³-hybridized carbons (Fsp3) is 0.800. The maximum atomic E-state index is 5.65. The van der Waals surface area contributed by atoms with E-state index in [0.717, 1.165) is 18.9 Å². The highest BCUT2D eigenvalue weighted by molar-refractivity contribution is 5.05. The first-order chi connectivity index (χ1) is 7.13. The Morgan fingerprint density at radius 1 is 1.53 bits per heavy atom. The fourth-order valence-corrected chi connectivity index (χ4v) is 1.50. The molecule has 1 fully saturated rings. The summed E-state index contributed by atoms with van der Waals surface area (Å²) in [6.07, 6.45) is 0.974. The van der Waals surface area contributed by atoms with Crippen molar-refractivity contribution in [2.75, 3.05) is 19.8 Å². The zero-order chi connectivity index (χ0) is 10.9. The Labute approximate surface area is 89.0 Å². The predicted molar refractivity (Wildman–Crippen MR) is 54.6 cm³/mol. The predicted octanol–water partition coefficient (Wildman–Crippen LogP) is 0.810. The smallest absolute Gasteiger partial charge is 0.233 e. The van der Waals surface area contributed by atoms with Gasteiger partial charge >= 0.3 is 0 Å². The Morgan fingerprint density at radius 3 is 2.93 bits per heavy atom. The summed E-state index contributed by atoms with van der Waals surface area (Å²) in [5, 5.41) is 3.99. The number of nitrogens with two attached hydrogens (primary N) is 1. The van der Waals surface area contributed by atoms with Crippen LogP contribution in [0.25, 0.3) is 0 Å². The van der Waals surface area contributed by atoms with E-state index in [-0.39, 0.29) is 11.3 Å². The fourth-order valence-electron chi connectivity index (χ4n) is 1.50. The van der Waals surface area contributed by atoms with Crippen molar-refractivity contribution in [3.8, 4) is 0 Å². The third-order valence-electron chi connectivity index (χ3n) is 2.83. The first-order valence-corrected chi connectivity index (χ1v) is 5.25. The van der Waals surface area contributed by atoms with Crippen molar-refractivity contribution in [3.63, 3.8) is 0 Å². The van der Waals surface area contributed by atoms with Gasteiger partial charge in [0.15, 0.2) is 5.82 Å². The summed E-state index contributed by atoms with van der Waals surface area (Å²) in [7, 11) is 0. The molecule has 15 heavy (non-hydrogen) atoms. The molecule has 5 heteroatoms. The number of hydrogen-bond donors (Lipinski definition) is 1. The molecule has 1 aliphatic rings. The van der Waals surface area contributed by atoms with E-state index in [2.05, 4.69) is 10.1 Å². The molecule has 1 unspecified atom stereocenters. The van der Waals surface area contributed by atoms with E-state index in [1.54, 1.807) is 0 Å². The van der Waals surface area contributed by atoms with Crippen LogP contribution in [0, 0.1) is 0 Å². The second-order valence-electron chi connectivity index (χ2n) is 4.61. The van der Waals surface area contributed by atoms with E-state index in [4.69, 9.17) is 15.0 Å². The highest BCUT2D eigenvalue weighted by Crippen LogP contribution is 2.26. The summed E-state index contributed by atoms with van der Waals surface area (Å²) >= 11 is 0. The molecule has 1 saturated heterocycles. The second kappa shape index (κ2) is 3.90. The molecule has 0 aliphatic carbocycles. The summed E-state index contributed by atoms with van der Waals surface area (Å²) in [6.45, 7) is 5.97. The lowest BCUT2D eigenvalue weighted by Gasteiger charge is -2.15. The number of aromatic nitrogens is 2. The number of nitrogens with zero attached hydrogens (tertiary/aromatic N) is 2. The molecule has 0 bridgehead atoms. The average molecular weight is 211 g/mol. The van der Waals surface area contributed by atoms with Crippen LogP contribution in [0.3, 0.4) is 0 Å². The van der Waals surface area contributed by atoms with Crippen LogP contribution in [0.2, 0.25) is 0 Å². The molecule has 0 saturated carbocycles. The van der Waals surface area contributed by atoms with Crippen molar-refractivity contribution in [3.05, 3.63) is 11.7 Å². The standard InChI is InChI=1S/C10H17N3O2/c1-10(2,6-11)9-12-8(13-15-9)7-3-4-14-5-7/h7H,3-6,11H2,1-2H3. The largest absolute Gasteiger partial charge is 0.381 e. The lowest BCUT2D eigenvalue weighted by Crippen LogP contribution is -2.28. The van der Waals surface area contributed by atoms with Crippen LogP contribution >= 0.6 is 0 Å². The van der Waals surface area contributed by atoms with Crippen LogP contribution in [-0.4, -0.2) is 29.9 Å². The zero-order valence-electron chi connectivity index (χ0n) is 9.19. The number of rotatable bonds is 3. The van der Waals surface area contributed by atoms with E-state index in [1.807, 2.05) is 13.8 Å². The maximum Gasteiger partial charge on any atom is 0.233 e. The molecule has 5 nitrogen and oxygen atoms in total. The van der Waals surface area contributed by atoms with Crippen LogP contribution in [0.1, 0.15) is 37.9 Å². The third-order valence-corrected chi connectivity index (χ3v) is 2.83. The maximum absolute atomic E-state index is 5.65. The summed E-state index contributed by atoms with van der Waals surface area (Å²) < 4.78 is 10.5. The van der Waals surface area contributed by atoms with Gasteiger partial charge in [0.25, 0.3) is 0 Å². The molecule has 2 N–H and O–H groups in total. The molecule has 0 spiro atoms. The van der Waals surface area contributed by atoms with Gasteiger partial charge in [0, 0.05) is 19.1 Å². The van der Waals surface area contributed by atoms with Crippen molar-refractivity contribution in [2.45, 2.75) is 31.6 Å². The number of ether oxygens (including phenoxy) is 1. The lowest BCUT2D eigenvalue weighted by atomic mass is 9.94. The van der Waals surface area contributed by atoms with Gasteiger partial charge in [-0.15, -0.1) is 0 Å². The van der Waals surface area contributed by atoms with Gasteiger partial charge in [-0.25, -0.2) is 0 Å². The van der Waals surface area contributed by atoms with Gasteiger partial charge in [-0.05, 0) is 20.3 Å². The molecule has 1 atom stereocenters. The van der Waals surface area contributed by atoms with Gasteiger partial charge in [-0.3, -0.25) is 0 Å². The molecule has 84 valence electrons. The Hall–Kier alpha value is -0.940. The topological polar surface area (TPSA) is 74.2 Å². The minimum absolute atomic E-state index is 0.245. The molecule has 1 aromatic heterocycles. The summed E-state index contributed by atoms with van der Waals surface area (Å²) in [5.74, 6) is 1.66. The minimum Gasteiger partial charge on any atom is -0.381 e. The van der Waals surface area contributed by atoms with Crippen LogP contribution in [0.15, 0.2) is 4.52 Å². The monoisotopic (exact) mass is 211 g/mol. The van der Waals surface area contributed by atoms with Gasteiger partial charge in [-0.1, -0.05) is 5.16 Å². The molecule has 1 aliphatic heterocycles. The van der Waals surface area contributed by atoms with E-state index in [0.29, 0.717) is 19.0 Å². The molecule has 0 amide bonds. The normalized spacial score (nSPS) is 22.2. The average Bonchev–Trinajstić information content (AvgIpc) is 2.88. The van der Waals surface area contributed by atoms with Crippen molar-refractivity contribution < 1.29 is 9.26 Å². The summed E-state index contributed by atoms with van der Waals surface area (Å²) in [4.78, 5) is 4.40. The molecule has 0 radical (unpaired) electrons. The van der Waals surface area contributed by atoms with Crippen LogP contribution in [0.5, 0.6) is 0 Å². The van der Waals surface area contributed by atoms with Gasteiger partial charge in [0.2, 0.25) is 5.89 Å². The quantitative estimate of drug-likeness (QED) is 0.800. The molecule has 0 aromatic carbocycles. The Bertz CT molecular complexity index is 329. The van der Waals surface area contributed by atoms with Gasteiger partial charge < -0.3 is 15.0 Å². The van der Waals surface area contributed by atoms with Gasteiger partial charge in [-0.2, -0.15) is 4.98 Å². The number of hydrogen-bond acceptors (Lipinski definition) is 5. The van der Waals surface area contributed by atoms with Crippen molar-refractivity contribution in [2.24, 2.45) is 5.73 Å². The van der Waals surface area contributed by atoms with Crippen molar-refractivity contribution in [1.82, 2.24) is 10.1 Å². The second-order valence-corrected chi connectivity index (χ2v) is 4.61. The molecule has 1 aromatic rings.